The van der Waals surface area contributed by atoms with E-state index in [1.807, 2.05) is 0 Å². The van der Waals surface area contributed by atoms with E-state index in [4.69, 9.17) is 4.74 Å². The van der Waals surface area contributed by atoms with Crippen LogP contribution in [0.2, 0.25) is 0 Å². The Bertz CT molecular complexity index is 317. The van der Waals surface area contributed by atoms with E-state index in [0.29, 0.717) is 12.6 Å². The average Bonchev–Trinajstić information content (AvgIpc) is 2.75. The van der Waals surface area contributed by atoms with Crippen LogP contribution in [0.3, 0.4) is 0 Å². The number of carboxylic acids is 1. The zero-order valence-electron chi connectivity index (χ0n) is 13.0. The van der Waals surface area contributed by atoms with Crippen LogP contribution >= 0.6 is 0 Å². The third kappa shape index (κ3) is 3.93. The van der Waals surface area contributed by atoms with Crippen LogP contribution in [0.4, 0.5) is 0 Å². The number of ether oxygens (including phenoxy) is 1. The summed E-state index contributed by atoms with van der Waals surface area (Å²) in [5.41, 5.74) is -0.682. The number of rotatable bonds is 7. The Morgan fingerprint density at radius 1 is 1.53 bits per heavy atom. The van der Waals surface area contributed by atoms with Crippen molar-refractivity contribution in [3.8, 4) is 0 Å². The maximum atomic E-state index is 11.6. The molecular weight excluding hydrogens is 242 g/mol. The summed E-state index contributed by atoms with van der Waals surface area (Å²) < 4.78 is 5.47. The molecule has 112 valence electrons. The molecule has 1 rings (SSSR count). The van der Waals surface area contributed by atoms with E-state index in [9.17, 15) is 9.90 Å². The molecule has 0 amide bonds. The Labute approximate surface area is 117 Å². The molecule has 0 radical (unpaired) electrons. The summed E-state index contributed by atoms with van der Waals surface area (Å²) >= 11 is 0. The van der Waals surface area contributed by atoms with E-state index >= 15 is 0 Å². The summed E-state index contributed by atoms with van der Waals surface area (Å²) in [6.45, 7) is 9.95. The smallest absolute Gasteiger partial charge is 0.310 e. The van der Waals surface area contributed by atoms with Gasteiger partial charge in [-0.25, -0.2) is 0 Å². The normalized spacial score (nSPS) is 26.6. The third-order valence-electron chi connectivity index (χ3n) is 4.53. The summed E-state index contributed by atoms with van der Waals surface area (Å²) in [5.74, 6) is -0.630. The summed E-state index contributed by atoms with van der Waals surface area (Å²) in [4.78, 5) is 13.9. The van der Waals surface area contributed by atoms with Gasteiger partial charge in [0.1, 0.15) is 0 Å². The predicted octanol–water partition coefficient (Wildman–Crippen LogP) is 2.77. The van der Waals surface area contributed by atoms with Gasteiger partial charge in [0.15, 0.2) is 0 Å². The maximum Gasteiger partial charge on any atom is 0.310 e. The van der Waals surface area contributed by atoms with Crippen molar-refractivity contribution in [3.05, 3.63) is 0 Å². The van der Waals surface area contributed by atoms with E-state index < -0.39 is 11.4 Å². The first-order valence-electron chi connectivity index (χ1n) is 7.29. The SMILES string of the molecule is CCCC1(C(=O)O)CCN(C(C)CC(C)(C)OC)C1. The first kappa shape index (κ1) is 16.4. The second-order valence-corrected chi connectivity index (χ2v) is 6.57. The quantitative estimate of drug-likeness (QED) is 0.773. The average molecular weight is 271 g/mol. The van der Waals surface area contributed by atoms with Crippen LogP contribution in [0.25, 0.3) is 0 Å². The van der Waals surface area contributed by atoms with E-state index in [-0.39, 0.29) is 5.60 Å². The lowest BCUT2D eigenvalue weighted by atomic mass is 9.82. The monoisotopic (exact) mass is 271 g/mol. The molecule has 0 aliphatic carbocycles. The Kier molecular flexibility index (Phi) is 5.39. The van der Waals surface area contributed by atoms with Gasteiger partial charge in [0, 0.05) is 19.7 Å². The van der Waals surface area contributed by atoms with E-state index in [0.717, 1.165) is 32.2 Å². The molecule has 0 aromatic heterocycles. The topological polar surface area (TPSA) is 49.8 Å². The molecule has 0 saturated carbocycles. The predicted molar refractivity (Wildman–Crippen MR) is 76.3 cm³/mol. The number of aliphatic carboxylic acids is 1. The molecule has 0 aromatic carbocycles. The Balaban J connectivity index is 2.66. The molecule has 1 fully saturated rings. The molecule has 2 atom stereocenters. The van der Waals surface area contributed by atoms with Gasteiger partial charge in [-0.3, -0.25) is 9.69 Å². The molecular formula is C15H29NO3. The van der Waals surface area contributed by atoms with Crippen LogP contribution in [-0.2, 0) is 9.53 Å². The maximum absolute atomic E-state index is 11.6. The second kappa shape index (κ2) is 6.23. The number of likely N-dealkylation sites (tertiary alicyclic amines) is 1. The third-order valence-corrected chi connectivity index (χ3v) is 4.53. The molecule has 0 bridgehead atoms. The molecule has 1 aliphatic heterocycles. The highest BCUT2D eigenvalue weighted by molar-refractivity contribution is 5.75. The number of nitrogens with zero attached hydrogens (tertiary/aromatic N) is 1. The van der Waals surface area contributed by atoms with Crippen molar-refractivity contribution < 1.29 is 14.6 Å². The standard InChI is InChI=1S/C15H29NO3/c1-6-7-15(13(17)18)8-9-16(11-15)12(2)10-14(3,4)19-5/h12H,6-11H2,1-5H3,(H,17,18). The molecule has 0 aromatic rings. The largest absolute Gasteiger partial charge is 0.481 e. The first-order chi connectivity index (χ1) is 8.76. The van der Waals surface area contributed by atoms with Crippen LogP contribution in [0, 0.1) is 5.41 Å². The Hall–Kier alpha value is -0.610. The van der Waals surface area contributed by atoms with Crippen molar-refractivity contribution >= 4 is 5.97 Å². The molecule has 1 N–H and O–H groups in total. The van der Waals surface area contributed by atoms with Crippen molar-refractivity contribution in [1.29, 1.82) is 0 Å². The van der Waals surface area contributed by atoms with Crippen LogP contribution in [0.1, 0.15) is 53.4 Å². The van der Waals surface area contributed by atoms with E-state index in [1.165, 1.54) is 0 Å². The van der Waals surface area contributed by atoms with Crippen LogP contribution in [-0.4, -0.2) is 47.8 Å². The minimum Gasteiger partial charge on any atom is -0.481 e. The summed E-state index contributed by atoms with van der Waals surface area (Å²) in [6, 6.07) is 0.355. The van der Waals surface area contributed by atoms with Crippen LogP contribution in [0.5, 0.6) is 0 Å². The number of hydrogen-bond donors (Lipinski definition) is 1. The van der Waals surface area contributed by atoms with Gasteiger partial charge in [-0.2, -0.15) is 0 Å². The lowest BCUT2D eigenvalue weighted by Crippen LogP contribution is -2.41. The highest BCUT2D eigenvalue weighted by Gasteiger charge is 2.45. The van der Waals surface area contributed by atoms with Gasteiger partial charge in [-0.05, 0) is 46.6 Å². The molecule has 4 nitrogen and oxygen atoms in total. The summed E-state index contributed by atoms with van der Waals surface area (Å²) in [6.07, 6.45) is 3.40. The molecule has 1 saturated heterocycles. The van der Waals surface area contributed by atoms with Gasteiger partial charge in [0.2, 0.25) is 0 Å². The van der Waals surface area contributed by atoms with Crippen molar-refractivity contribution in [2.45, 2.75) is 65.0 Å². The number of carbonyl (C=O) groups is 1. The van der Waals surface area contributed by atoms with Crippen molar-refractivity contribution in [3.63, 3.8) is 0 Å². The highest BCUT2D eigenvalue weighted by atomic mass is 16.5. The zero-order valence-corrected chi connectivity index (χ0v) is 13.0. The van der Waals surface area contributed by atoms with Gasteiger partial charge in [0.25, 0.3) is 0 Å². The fraction of sp³-hybridized carbons (Fsp3) is 0.933. The summed E-state index contributed by atoms with van der Waals surface area (Å²) in [7, 11) is 1.73. The lowest BCUT2D eigenvalue weighted by molar-refractivity contribution is -0.148. The van der Waals surface area contributed by atoms with Crippen molar-refractivity contribution in [2.24, 2.45) is 5.41 Å². The van der Waals surface area contributed by atoms with Gasteiger partial charge >= 0.3 is 5.97 Å². The van der Waals surface area contributed by atoms with Crippen molar-refractivity contribution in [2.75, 3.05) is 20.2 Å². The fourth-order valence-corrected chi connectivity index (χ4v) is 3.17. The van der Waals surface area contributed by atoms with Gasteiger partial charge < -0.3 is 9.84 Å². The molecule has 19 heavy (non-hydrogen) atoms. The van der Waals surface area contributed by atoms with E-state index in [1.54, 1.807) is 7.11 Å². The van der Waals surface area contributed by atoms with Gasteiger partial charge in [0.05, 0.1) is 11.0 Å². The van der Waals surface area contributed by atoms with Crippen molar-refractivity contribution in [1.82, 2.24) is 4.90 Å². The minimum absolute atomic E-state index is 0.154. The Morgan fingerprint density at radius 3 is 2.63 bits per heavy atom. The fourth-order valence-electron chi connectivity index (χ4n) is 3.17. The highest BCUT2D eigenvalue weighted by Crippen LogP contribution is 2.37. The number of hydrogen-bond acceptors (Lipinski definition) is 3. The molecule has 1 heterocycles. The van der Waals surface area contributed by atoms with Gasteiger partial charge in [-0.1, -0.05) is 13.3 Å². The molecule has 4 heteroatoms. The zero-order chi connectivity index (χ0) is 14.7. The lowest BCUT2D eigenvalue weighted by Gasteiger charge is -2.33. The van der Waals surface area contributed by atoms with Gasteiger partial charge in [-0.15, -0.1) is 0 Å². The van der Waals surface area contributed by atoms with Crippen LogP contribution in [0.15, 0.2) is 0 Å². The number of methoxy groups -OCH3 is 1. The minimum atomic E-state index is -0.630. The molecule has 1 aliphatic rings. The second-order valence-electron chi connectivity index (χ2n) is 6.57. The number of carboxylic acid groups (broad SMARTS) is 1. The Morgan fingerprint density at radius 2 is 2.16 bits per heavy atom. The molecule has 0 spiro atoms. The van der Waals surface area contributed by atoms with E-state index in [2.05, 4.69) is 32.6 Å². The molecule has 2 unspecified atom stereocenters. The summed E-state index contributed by atoms with van der Waals surface area (Å²) in [5, 5.41) is 9.52. The first-order valence-corrected chi connectivity index (χ1v) is 7.29. The van der Waals surface area contributed by atoms with Crippen LogP contribution < -0.4 is 0 Å².